The van der Waals surface area contributed by atoms with Gasteiger partial charge in [-0.1, -0.05) is 0 Å². The summed E-state index contributed by atoms with van der Waals surface area (Å²) >= 11 is 0. The molecule has 0 unspecified atom stereocenters. The zero-order chi connectivity index (χ0) is 6.69. The molecule has 9 heavy (non-hydrogen) atoms. The number of nitrogens with one attached hydrogen (secondary N) is 1. The summed E-state index contributed by atoms with van der Waals surface area (Å²) in [7, 11) is 1.78. The number of cyclic esters (lactones) is 1. The van der Waals surface area contributed by atoms with Gasteiger partial charge in [-0.25, -0.2) is 0 Å². The minimum absolute atomic E-state index is 0.0567. The van der Waals surface area contributed by atoms with Crippen molar-refractivity contribution in [2.75, 3.05) is 13.7 Å². The van der Waals surface area contributed by atoms with Gasteiger partial charge in [0.25, 0.3) is 0 Å². The maximum atomic E-state index is 10.7. The highest BCUT2D eigenvalue weighted by atomic mass is 16.5. The van der Waals surface area contributed by atoms with Gasteiger partial charge in [0.05, 0.1) is 6.61 Å². The van der Waals surface area contributed by atoms with Crippen LogP contribution in [0.5, 0.6) is 0 Å². The number of carbonyl (C=O) groups excluding carboxylic acids is 1. The first-order valence-electron chi connectivity index (χ1n) is 3.18. The highest BCUT2D eigenvalue weighted by Gasteiger charge is 2.21. The Labute approximate surface area is 54.4 Å². The molecule has 1 heterocycles. The molecule has 1 aliphatic heterocycles. The van der Waals surface area contributed by atoms with Crippen molar-refractivity contribution in [3.8, 4) is 0 Å². The maximum absolute atomic E-state index is 10.7. The second-order valence-corrected chi connectivity index (χ2v) is 2.15. The Bertz CT molecular complexity index is 114. The highest BCUT2D eigenvalue weighted by Crippen LogP contribution is 2.05. The zero-order valence-electron chi connectivity index (χ0n) is 5.52. The van der Waals surface area contributed by atoms with Crippen LogP contribution < -0.4 is 5.32 Å². The SMILES string of the molecule is CN[C@H]1CCCOC1=O. The summed E-state index contributed by atoms with van der Waals surface area (Å²) in [6.07, 6.45) is 1.90. The second kappa shape index (κ2) is 2.82. The maximum Gasteiger partial charge on any atom is 0.323 e. The van der Waals surface area contributed by atoms with Gasteiger partial charge in [-0.15, -0.1) is 0 Å². The number of likely N-dealkylation sites (N-methyl/N-ethyl adjacent to an activating group) is 1. The van der Waals surface area contributed by atoms with Crippen LogP contribution in [0.15, 0.2) is 0 Å². The lowest BCUT2D eigenvalue weighted by molar-refractivity contribution is -0.149. The Balaban J connectivity index is 2.39. The number of esters is 1. The summed E-state index contributed by atoms with van der Waals surface area (Å²) in [5.41, 5.74) is 0. The predicted octanol–water partition coefficient (Wildman–Crippen LogP) is -0.0886. The van der Waals surface area contributed by atoms with Crippen LogP contribution in [-0.2, 0) is 9.53 Å². The average molecular weight is 129 g/mol. The van der Waals surface area contributed by atoms with Crippen molar-refractivity contribution in [3.05, 3.63) is 0 Å². The molecule has 52 valence electrons. The summed E-state index contributed by atoms with van der Waals surface area (Å²) in [4.78, 5) is 10.7. The van der Waals surface area contributed by atoms with E-state index in [0.717, 1.165) is 12.8 Å². The number of carbonyl (C=O) groups is 1. The highest BCUT2D eigenvalue weighted by molar-refractivity contribution is 5.76. The largest absolute Gasteiger partial charge is 0.465 e. The van der Waals surface area contributed by atoms with Crippen LogP contribution in [0.1, 0.15) is 12.8 Å². The molecular formula is C6H11NO2. The Hall–Kier alpha value is -0.570. The van der Waals surface area contributed by atoms with Gasteiger partial charge in [-0.3, -0.25) is 4.79 Å². The molecule has 1 N–H and O–H groups in total. The van der Waals surface area contributed by atoms with E-state index in [-0.39, 0.29) is 12.0 Å². The lowest BCUT2D eigenvalue weighted by Gasteiger charge is -2.19. The number of hydrogen-bond donors (Lipinski definition) is 1. The first-order chi connectivity index (χ1) is 4.34. The van der Waals surface area contributed by atoms with Gasteiger partial charge in [0.2, 0.25) is 0 Å². The van der Waals surface area contributed by atoms with Crippen molar-refractivity contribution in [2.24, 2.45) is 0 Å². The predicted molar refractivity (Wildman–Crippen MR) is 33.0 cm³/mol. The van der Waals surface area contributed by atoms with E-state index in [1.54, 1.807) is 7.05 Å². The topological polar surface area (TPSA) is 38.3 Å². The van der Waals surface area contributed by atoms with E-state index < -0.39 is 0 Å². The van der Waals surface area contributed by atoms with Crippen molar-refractivity contribution >= 4 is 5.97 Å². The molecule has 0 aromatic carbocycles. The van der Waals surface area contributed by atoms with Crippen LogP contribution in [0.3, 0.4) is 0 Å². The van der Waals surface area contributed by atoms with E-state index in [2.05, 4.69) is 5.32 Å². The molecule has 3 heteroatoms. The first-order valence-corrected chi connectivity index (χ1v) is 3.18. The first kappa shape index (κ1) is 6.55. The third-order valence-electron chi connectivity index (χ3n) is 1.51. The minimum Gasteiger partial charge on any atom is -0.465 e. The van der Waals surface area contributed by atoms with Gasteiger partial charge < -0.3 is 10.1 Å². The summed E-state index contributed by atoms with van der Waals surface area (Å²) in [6, 6.07) is -0.0567. The van der Waals surface area contributed by atoms with Crippen LogP contribution in [0, 0.1) is 0 Å². The minimum atomic E-state index is -0.108. The normalized spacial score (nSPS) is 27.7. The van der Waals surface area contributed by atoms with E-state index >= 15 is 0 Å². The summed E-state index contributed by atoms with van der Waals surface area (Å²) in [5.74, 6) is -0.108. The van der Waals surface area contributed by atoms with Crippen LogP contribution in [0.4, 0.5) is 0 Å². The molecule has 0 aromatic rings. The molecule has 1 fully saturated rings. The molecule has 0 amide bonds. The van der Waals surface area contributed by atoms with E-state index in [1.807, 2.05) is 0 Å². The Kier molecular flexibility index (Phi) is 2.05. The van der Waals surface area contributed by atoms with E-state index in [0.29, 0.717) is 6.61 Å². The average Bonchev–Trinajstić information content (AvgIpc) is 1.89. The summed E-state index contributed by atoms with van der Waals surface area (Å²) in [6.45, 7) is 0.594. The van der Waals surface area contributed by atoms with Gasteiger partial charge >= 0.3 is 5.97 Å². The van der Waals surface area contributed by atoms with E-state index in [4.69, 9.17) is 4.74 Å². The van der Waals surface area contributed by atoms with Crippen LogP contribution in [0.25, 0.3) is 0 Å². The third kappa shape index (κ3) is 1.42. The molecule has 1 atom stereocenters. The van der Waals surface area contributed by atoms with Gasteiger partial charge in [-0.2, -0.15) is 0 Å². The fourth-order valence-electron chi connectivity index (χ4n) is 0.941. The van der Waals surface area contributed by atoms with Crippen LogP contribution in [0.2, 0.25) is 0 Å². The quantitative estimate of drug-likeness (QED) is 0.503. The van der Waals surface area contributed by atoms with Crippen LogP contribution >= 0.6 is 0 Å². The molecule has 0 radical (unpaired) electrons. The fraction of sp³-hybridized carbons (Fsp3) is 0.833. The Morgan fingerprint density at radius 3 is 3.00 bits per heavy atom. The molecule has 0 bridgehead atoms. The van der Waals surface area contributed by atoms with Crippen molar-refractivity contribution in [1.29, 1.82) is 0 Å². The fourth-order valence-corrected chi connectivity index (χ4v) is 0.941. The second-order valence-electron chi connectivity index (χ2n) is 2.15. The number of ether oxygens (including phenoxy) is 1. The van der Waals surface area contributed by atoms with Gasteiger partial charge in [0, 0.05) is 0 Å². The standard InChI is InChI=1S/C6H11NO2/c1-7-5-3-2-4-9-6(5)8/h5,7H,2-4H2,1H3/t5-/m0/s1. The lowest BCUT2D eigenvalue weighted by atomic mass is 10.1. The Morgan fingerprint density at radius 1 is 1.78 bits per heavy atom. The number of hydrogen-bond acceptors (Lipinski definition) is 3. The molecule has 1 rings (SSSR count). The van der Waals surface area contributed by atoms with Crippen molar-refractivity contribution in [2.45, 2.75) is 18.9 Å². The monoisotopic (exact) mass is 129 g/mol. The molecule has 1 saturated heterocycles. The van der Waals surface area contributed by atoms with Gasteiger partial charge in [0.1, 0.15) is 6.04 Å². The summed E-state index contributed by atoms with van der Waals surface area (Å²) in [5, 5.41) is 2.88. The van der Waals surface area contributed by atoms with Crippen molar-refractivity contribution < 1.29 is 9.53 Å². The van der Waals surface area contributed by atoms with Gasteiger partial charge in [0.15, 0.2) is 0 Å². The summed E-state index contributed by atoms with van der Waals surface area (Å²) < 4.78 is 4.78. The molecular weight excluding hydrogens is 118 g/mol. The van der Waals surface area contributed by atoms with E-state index in [9.17, 15) is 4.79 Å². The molecule has 0 aromatic heterocycles. The van der Waals surface area contributed by atoms with Crippen LogP contribution in [-0.4, -0.2) is 25.7 Å². The molecule has 0 saturated carbocycles. The smallest absolute Gasteiger partial charge is 0.323 e. The third-order valence-corrected chi connectivity index (χ3v) is 1.51. The lowest BCUT2D eigenvalue weighted by Crippen LogP contribution is -2.38. The molecule has 0 spiro atoms. The number of rotatable bonds is 1. The molecule has 3 nitrogen and oxygen atoms in total. The van der Waals surface area contributed by atoms with E-state index in [1.165, 1.54) is 0 Å². The van der Waals surface area contributed by atoms with Gasteiger partial charge in [-0.05, 0) is 19.9 Å². The van der Waals surface area contributed by atoms with Crippen molar-refractivity contribution in [3.63, 3.8) is 0 Å². The van der Waals surface area contributed by atoms with Crippen molar-refractivity contribution in [1.82, 2.24) is 5.32 Å². The zero-order valence-corrected chi connectivity index (χ0v) is 5.52. The molecule has 1 aliphatic rings. The molecule has 0 aliphatic carbocycles. The Morgan fingerprint density at radius 2 is 2.56 bits per heavy atom.